The minimum absolute atomic E-state index is 0.0925. The molecule has 108 valence electrons. The molecular weight excluding hydrogens is 312 g/mol. The number of fused-ring (bicyclic) bond motifs is 1. The van der Waals surface area contributed by atoms with Crippen molar-refractivity contribution in [2.75, 3.05) is 6.61 Å². The number of aromatic nitrogens is 4. The first-order valence-corrected chi connectivity index (χ1v) is 7.54. The Bertz CT molecular complexity index is 781. The topological polar surface area (TPSA) is 69.4 Å². The molecular formula is C13H11ClN4O2S. The molecule has 1 aromatic carbocycles. The number of carbonyl (C=O) groups is 1. The summed E-state index contributed by atoms with van der Waals surface area (Å²) >= 11 is 7.21. The largest absolute Gasteiger partial charge is 0.460 e. The second kappa shape index (κ2) is 5.79. The summed E-state index contributed by atoms with van der Waals surface area (Å²) in [6, 6.07) is 7.30. The fraction of sp³-hybridized carbons (Fsp3) is 0.231. The molecule has 0 saturated heterocycles. The molecule has 0 N–H and O–H groups in total. The normalized spacial score (nSPS) is 11.0. The maximum Gasteiger partial charge on any atom is 0.378 e. The third-order valence-electron chi connectivity index (χ3n) is 2.70. The molecule has 0 atom stereocenters. The van der Waals surface area contributed by atoms with Gasteiger partial charge in [0.05, 0.1) is 6.61 Å². The summed E-state index contributed by atoms with van der Waals surface area (Å²) in [4.78, 5) is 12.4. The Labute approximate surface area is 129 Å². The van der Waals surface area contributed by atoms with E-state index in [4.69, 9.17) is 16.3 Å². The lowest BCUT2D eigenvalue weighted by molar-refractivity contribution is 0.0487. The van der Waals surface area contributed by atoms with Crippen molar-refractivity contribution in [3.05, 3.63) is 35.1 Å². The SMILES string of the molecule is CCCOC(=O)c1nnc2sc(-c3ccc(Cl)cc3)nn12. The Kier molecular flexibility index (Phi) is 3.85. The Morgan fingerprint density at radius 3 is 2.81 bits per heavy atom. The third kappa shape index (κ3) is 2.74. The van der Waals surface area contributed by atoms with Gasteiger partial charge in [0.25, 0.3) is 5.82 Å². The summed E-state index contributed by atoms with van der Waals surface area (Å²) in [6.45, 7) is 2.27. The van der Waals surface area contributed by atoms with Crippen LogP contribution in [0, 0.1) is 0 Å². The van der Waals surface area contributed by atoms with E-state index < -0.39 is 5.97 Å². The molecule has 0 fully saturated rings. The van der Waals surface area contributed by atoms with Crippen LogP contribution in [0.2, 0.25) is 5.02 Å². The van der Waals surface area contributed by atoms with Gasteiger partial charge in [-0.15, -0.1) is 10.2 Å². The minimum atomic E-state index is -0.516. The molecule has 6 nitrogen and oxygen atoms in total. The van der Waals surface area contributed by atoms with E-state index in [0.29, 0.717) is 16.6 Å². The summed E-state index contributed by atoms with van der Waals surface area (Å²) < 4.78 is 6.47. The first-order chi connectivity index (χ1) is 10.2. The molecule has 0 amide bonds. The van der Waals surface area contributed by atoms with Gasteiger partial charge in [0.1, 0.15) is 5.01 Å². The number of nitrogens with zero attached hydrogens (tertiary/aromatic N) is 4. The van der Waals surface area contributed by atoms with Crippen LogP contribution in [-0.4, -0.2) is 32.4 Å². The van der Waals surface area contributed by atoms with Gasteiger partial charge in [-0.05, 0) is 18.6 Å². The maximum atomic E-state index is 11.9. The number of rotatable bonds is 4. The Morgan fingerprint density at radius 1 is 1.33 bits per heavy atom. The summed E-state index contributed by atoms with van der Waals surface area (Å²) in [6.07, 6.45) is 0.751. The molecule has 8 heteroatoms. The van der Waals surface area contributed by atoms with Gasteiger partial charge in [0.15, 0.2) is 0 Å². The second-order valence-electron chi connectivity index (χ2n) is 4.27. The van der Waals surface area contributed by atoms with Crippen LogP contribution < -0.4 is 0 Å². The van der Waals surface area contributed by atoms with Crippen LogP contribution in [0.25, 0.3) is 15.5 Å². The van der Waals surface area contributed by atoms with Crippen molar-refractivity contribution in [3.8, 4) is 10.6 Å². The molecule has 3 rings (SSSR count). The fourth-order valence-electron chi connectivity index (χ4n) is 1.71. The van der Waals surface area contributed by atoms with Gasteiger partial charge in [-0.1, -0.05) is 42.0 Å². The highest BCUT2D eigenvalue weighted by Crippen LogP contribution is 2.26. The monoisotopic (exact) mass is 322 g/mol. The van der Waals surface area contributed by atoms with E-state index in [-0.39, 0.29) is 5.82 Å². The quantitative estimate of drug-likeness (QED) is 0.690. The van der Waals surface area contributed by atoms with Crippen LogP contribution in [0.5, 0.6) is 0 Å². The standard InChI is InChI=1S/C13H11ClN4O2S/c1-2-7-20-12(19)10-15-16-13-18(10)17-11(21-13)8-3-5-9(14)6-4-8/h3-6H,2,7H2,1H3. The average molecular weight is 323 g/mol. The van der Waals surface area contributed by atoms with Crippen molar-refractivity contribution in [1.29, 1.82) is 0 Å². The predicted octanol–water partition coefficient (Wildman–Crippen LogP) is 3.07. The van der Waals surface area contributed by atoms with Crippen molar-refractivity contribution in [3.63, 3.8) is 0 Å². The van der Waals surface area contributed by atoms with Gasteiger partial charge >= 0.3 is 5.97 Å². The van der Waals surface area contributed by atoms with Crippen LogP contribution in [0.15, 0.2) is 24.3 Å². The van der Waals surface area contributed by atoms with Gasteiger partial charge in [-0.25, -0.2) is 4.79 Å². The molecule has 0 unspecified atom stereocenters. The van der Waals surface area contributed by atoms with Crippen molar-refractivity contribution in [2.45, 2.75) is 13.3 Å². The molecule has 3 aromatic rings. The van der Waals surface area contributed by atoms with Crippen LogP contribution in [0.4, 0.5) is 0 Å². The molecule has 0 aliphatic heterocycles. The number of hydrogen-bond acceptors (Lipinski definition) is 6. The first kappa shape index (κ1) is 14.0. The Hall–Kier alpha value is -1.99. The van der Waals surface area contributed by atoms with Crippen LogP contribution in [0.3, 0.4) is 0 Å². The Morgan fingerprint density at radius 2 is 2.10 bits per heavy atom. The van der Waals surface area contributed by atoms with Gasteiger partial charge < -0.3 is 4.74 Å². The minimum Gasteiger partial charge on any atom is -0.460 e. The molecule has 0 aliphatic rings. The molecule has 0 spiro atoms. The lowest BCUT2D eigenvalue weighted by Crippen LogP contribution is -2.11. The highest BCUT2D eigenvalue weighted by Gasteiger charge is 2.19. The highest BCUT2D eigenvalue weighted by atomic mass is 35.5. The van der Waals surface area contributed by atoms with Crippen LogP contribution in [-0.2, 0) is 4.74 Å². The predicted molar refractivity (Wildman–Crippen MR) is 79.7 cm³/mol. The van der Waals surface area contributed by atoms with Gasteiger partial charge in [0.2, 0.25) is 4.96 Å². The van der Waals surface area contributed by atoms with E-state index in [2.05, 4.69) is 15.3 Å². The zero-order valence-corrected chi connectivity index (χ0v) is 12.7. The molecule has 21 heavy (non-hydrogen) atoms. The zero-order valence-electron chi connectivity index (χ0n) is 11.1. The van der Waals surface area contributed by atoms with E-state index in [1.165, 1.54) is 15.9 Å². The van der Waals surface area contributed by atoms with E-state index in [1.807, 2.05) is 19.1 Å². The Balaban J connectivity index is 1.95. The average Bonchev–Trinajstić information content (AvgIpc) is 3.05. The number of benzene rings is 1. The molecule has 2 aromatic heterocycles. The zero-order chi connectivity index (χ0) is 14.8. The second-order valence-corrected chi connectivity index (χ2v) is 5.66. The smallest absolute Gasteiger partial charge is 0.378 e. The number of esters is 1. The fourth-order valence-corrected chi connectivity index (χ4v) is 2.68. The van der Waals surface area contributed by atoms with Gasteiger partial charge in [-0.3, -0.25) is 0 Å². The summed E-state index contributed by atoms with van der Waals surface area (Å²) in [7, 11) is 0. The summed E-state index contributed by atoms with van der Waals surface area (Å²) in [5, 5.41) is 13.5. The van der Waals surface area contributed by atoms with E-state index in [1.54, 1.807) is 12.1 Å². The molecule has 0 radical (unpaired) electrons. The van der Waals surface area contributed by atoms with Crippen molar-refractivity contribution in [2.24, 2.45) is 0 Å². The van der Waals surface area contributed by atoms with Gasteiger partial charge in [0, 0.05) is 10.6 Å². The van der Waals surface area contributed by atoms with E-state index in [0.717, 1.165) is 17.0 Å². The lowest BCUT2D eigenvalue weighted by atomic mass is 10.2. The number of hydrogen-bond donors (Lipinski definition) is 0. The van der Waals surface area contributed by atoms with Crippen molar-refractivity contribution < 1.29 is 9.53 Å². The lowest BCUT2D eigenvalue weighted by Gasteiger charge is -1.99. The van der Waals surface area contributed by atoms with Crippen molar-refractivity contribution >= 4 is 33.9 Å². The van der Waals surface area contributed by atoms with E-state index >= 15 is 0 Å². The number of halogens is 1. The van der Waals surface area contributed by atoms with E-state index in [9.17, 15) is 4.79 Å². The maximum absolute atomic E-state index is 11.9. The number of ether oxygens (including phenoxy) is 1. The van der Waals surface area contributed by atoms with Gasteiger partial charge in [-0.2, -0.15) is 9.61 Å². The third-order valence-corrected chi connectivity index (χ3v) is 3.90. The molecule has 0 saturated carbocycles. The number of carbonyl (C=O) groups excluding carboxylic acids is 1. The molecule has 0 aliphatic carbocycles. The summed E-state index contributed by atoms with van der Waals surface area (Å²) in [5.74, 6) is -0.424. The highest BCUT2D eigenvalue weighted by molar-refractivity contribution is 7.19. The first-order valence-electron chi connectivity index (χ1n) is 6.34. The van der Waals surface area contributed by atoms with Crippen molar-refractivity contribution in [1.82, 2.24) is 19.8 Å². The van der Waals surface area contributed by atoms with Crippen LogP contribution in [0.1, 0.15) is 24.0 Å². The summed E-state index contributed by atoms with van der Waals surface area (Å²) in [5.41, 5.74) is 0.905. The molecule has 0 bridgehead atoms. The van der Waals surface area contributed by atoms with Crippen LogP contribution >= 0.6 is 22.9 Å². The molecule has 2 heterocycles.